The van der Waals surface area contributed by atoms with Gasteiger partial charge in [-0.2, -0.15) is 4.31 Å². The topological polar surface area (TPSA) is 116 Å². The highest BCUT2D eigenvalue weighted by Crippen LogP contribution is 2.17. The van der Waals surface area contributed by atoms with E-state index < -0.39 is 40.5 Å². The number of nitrogens with zero attached hydrogens (tertiary/aromatic N) is 1. The van der Waals surface area contributed by atoms with Crippen molar-refractivity contribution in [1.29, 1.82) is 0 Å². The summed E-state index contributed by atoms with van der Waals surface area (Å²) < 4.78 is 25.0. The molecule has 102 valence electrons. The van der Waals surface area contributed by atoms with Crippen molar-refractivity contribution in [2.75, 3.05) is 13.1 Å². The fourth-order valence-electron chi connectivity index (χ4n) is 1.52. The number of halogens is 1. The lowest BCUT2D eigenvalue weighted by molar-refractivity contribution is -0.134. The lowest BCUT2D eigenvalue weighted by atomic mass is 10.4. The Kier molecular flexibility index (Phi) is 3.43. The zero-order valence-corrected chi connectivity index (χ0v) is 10.9. The molecule has 2 amide bonds. The number of H-pyrrole nitrogens is 1. The van der Waals surface area contributed by atoms with Crippen molar-refractivity contribution in [2.45, 2.75) is 4.90 Å². The standard InChI is InChI=1S/C9H8ClN3O5S/c10-6-1-5(2-11-9(6)16)19(17,18)13-3-7(14)12-8(15)4-13/h1-2H,3-4H2,(H,11,16)(H,12,14,15). The largest absolute Gasteiger partial charge is 0.326 e. The number of hydrogen-bond acceptors (Lipinski definition) is 5. The highest BCUT2D eigenvalue weighted by atomic mass is 35.5. The Morgan fingerprint density at radius 1 is 1.16 bits per heavy atom. The summed E-state index contributed by atoms with van der Waals surface area (Å²) in [6.07, 6.45) is 0.959. The van der Waals surface area contributed by atoms with Crippen LogP contribution in [-0.2, 0) is 19.6 Å². The van der Waals surface area contributed by atoms with Gasteiger partial charge in [0.1, 0.15) is 5.02 Å². The summed E-state index contributed by atoms with van der Waals surface area (Å²) in [5, 5.41) is 1.69. The van der Waals surface area contributed by atoms with Crippen LogP contribution in [0, 0.1) is 0 Å². The number of pyridine rings is 1. The van der Waals surface area contributed by atoms with E-state index in [9.17, 15) is 22.8 Å². The molecule has 0 atom stereocenters. The van der Waals surface area contributed by atoms with E-state index in [4.69, 9.17) is 11.6 Å². The zero-order valence-electron chi connectivity index (χ0n) is 9.34. The van der Waals surface area contributed by atoms with Crippen molar-refractivity contribution in [3.63, 3.8) is 0 Å². The maximum atomic E-state index is 12.2. The van der Waals surface area contributed by atoms with Gasteiger partial charge in [-0.05, 0) is 6.07 Å². The summed E-state index contributed by atoms with van der Waals surface area (Å²) in [6, 6.07) is 0.965. The molecule has 2 heterocycles. The lowest BCUT2D eigenvalue weighted by Gasteiger charge is -2.24. The SMILES string of the molecule is O=C1CN(S(=O)(=O)c2c[nH]c(=O)c(Cl)c2)CC(=O)N1. The molecule has 1 saturated heterocycles. The summed E-state index contributed by atoms with van der Waals surface area (Å²) in [7, 11) is -4.07. The molecule has 1 aromatic rings. The van der Waals surface area contributed by atoms with Crippen molar-refractivity contribution in [3.8, 4) is 0 Å². The second kappa shape index (κ2) is 4.76. The minimum absolute atomic E-state index is 0.292. The predicted octanol–water partition coefficient (Wildman–Crippen LogP) is -1.32. The Labute approximate surface area is 112 Å². The molecule has 1 fully saturated rings. The molecule has 0 saturated carbocycles. The molecule has 0 aromatic carbocycles. The predicted molar refractivity (Wildman–Crippen MR) is 64.0 cm³/mol. The normalized spacial score (nSPS) is 17.3. The summed E-state index contributed by atoms with van der Waals surface area (Å²) in [5.74, 6) is -1.43. The number of carbonyl (C=O) groups excluding carboxylic acids is 2. The van der Waals surface area contributed by atoms with Crippen molar-refractivity contribution in [1.82, 2.24) is 14.6 Å². The van der Waals surface area contributed by atoms with Gasteiger partial charge < -0.3 is 4.98 Å². The van der Waals surface area contributed by atoms with Crippen molar-refractivity contribution in [2.24, 2.45) is 0 Å². The molecule has 0 spiro atoms. The number of aromatic nitrogens is 1. The number of carbonyl (C=O) groups is 2. The molecule has 1 aromatic heterocycles. The molecule has 1 aliphatic heterocycles. The Hall–Kier alpha value is -1.71. The monoisotopic (exact) mass is 305 g/mol. The van der Waals surface area contributed by atoms with E-state index in [1.165, 1.54) is 0 Å². The Bertz CT molecular complexity index is 695. The molecule has 0 bridgehead atoms. The average molecular weight is 306 g/mol. The molecule has 1 aliphatic rings. The van der Waals surface area contributed by atoms with E-state index >= 15 is 0 Å². The minimum Gasteiger partial charge on any atom is -0.326 e. The van der Waals surface area contributed by atoms with E-state index in [2.05, 4.69) is 4.98 Å². The number of nitrogens with one attached hydrogen (secondary N) is 2. The first-order valence-corrected chi connectivity index (χ1v) is 6.83. The quantitative estimate of drug-likeness (QED) is 0.657. The van der Waals surface area contributed by atoms with Crippen molar-refractivity contribution >= 4 is 33.4 Å². The van der Waals surface area contributed by atoms with Gasteiger partial charge in [0.25, 0.3) is 5.56 Å². The molecule has 0 radical (unpaired) electrons. The van der Waals surface area contributed by atoms with Gasteiger partial charge in [-0.1, -0.05) is 11.6 Å². The first-order chi connectivity index (χ1) is 8.80. The second-order valence-electron chi connectivity index (χ2n) is 3.76. The van der Waals surface area contributed by atoms with Gasteiger partial charge in [0.2, 0.25) is 21.8 Å². The Balaban J connectivity index is 2.41. The van der Waals surface area contributed by atoms with Crippen LogP contribution in [0.15, 0.2) is 22.0 Å². The summed E-state index contributed by atoms with van der Waals surface area (Å²) >= 11 is 5.54. The minimum atomic E-state index is -4.07. The molecule has 19 heavy (non-hydrogen) atoms. The number of aromatic amines is 1. The number of rotatable bonds is 2. The van der Waals surface area contributed by atoms with Gasteiger partial charge in [-0.15, -0.1) is 0 Å². The summed E-state index contributed by atoms with van der Waals surface area (Å²) in [4.78, 5) is 35.3. The maximum absolute atomic E-state index is 12.2. The van der Waals surface area contributed by atoms with Crippen LogP contribution in [0.5, 0.6) is 0 Å². The summed E-state index contributed by atoms with van der Waals surface area (Å²) in [6.45, 7) is -0.935. The number of hydrogen-bond donors (Lipinski definition) is 2. The third kappa shape index (κ3) is 2.67. The van der Waals surface area contributed by atoms with Crippen LogP contribution in [0.1, 0.15) is 0 Å². The van der Waals surface area contributed by atoms with Gasteiger partial charge in [0.15, 0.2) is 0 Å². The number of sulfonamides is 1. The molecule has 0 aliphatic carbocycles. The van der Waals surface area contributed by atoms with E-state index in [-0.39, 0.29) is 9.92 Å². The molecule has 0 unspecified atom stereocenters. The molecular formula is C9H8ClN3O5S. The first-order valence-electron chi connectivity index (χ1n) is 5.02. The van der Waals surface area contributed by atoms with E-state index in [0.717, 1.165) is 12.3 Å². The Morgan fingerprint density at radius 3 is 2.26 bits per heavy atom. The smallest absolute Gasteiger partial charge is 0.266 e. The van der Waals surface area contributed by atoms with Crippen LogP contribution in [-0.4, -0.2) is 42.6 Å². The van der Waals surface area contributed by atoms with E-state index in [0.29, 0.717) is 4.31 Å². The average Bonchev–Trinajstić information content (AvgIpc) is 2.31. The molecule has 2 rings (SSSR count). The molecular weight excluding hydrogens is 298 g/mol. The van der Waals surface area contributed by atoms with Gasteiger partial charge in [0.05, 0.1) is 18.0 Å². The third-order valence-corrected chi connectivity index (χ3v) is 4.44. The highest BCUT2D eigenvalue weighted by Gasteiger charge is 2.33. The van der Waals surface area contributed by atoms with Crippen LogP contribution < -0.4 is 10.9 Å². The van der Waals surface area contributed by atoms with Crippen LogP contribution in [0.4, 0.5) is 0 Å². The fourth-order valence-corrected chi connectivity index (χ4v) is 3.10. The van der Waals surface area contributed by atoms with Crippen LogP contribution in [0.2, 0.25) is 5.02 Å². The van der Waals surface area contributed by atoms with Crippen LogP contribution in [0.3, 0.4) is 0 Å². The molecule has 10 heteroatoms. The van der Waals surface area contributed by atoms with Gasteiger partial charge in [-0.3, -0.25) is 19.7 Å². The second-order valence-corrected chi connectivity index (χ2v) is 6.10. The van der Waals surface area contributed by atoms with Gasteiger partial charge in [-0.25, -0.2) is 8.42 Å². The van der Waals surface area contributed by atoms with Crippen LogP contribution in [0.25, 0.3) is 0 Å². The van der Waals surface area contributed by atoms with E-state index in [1.807, 2.05) is 5.32 Å². The molecule has 8 nitrogen and oxygen atoms in total. The zero-order chi connectivity index (χ0) is 14.2. The van der Waals surface area contributed by atoms with Gasteiger partial charge >= 0.3 is 0 Å². The Morgan fingerprint density at radius 2 is 1.74 bits per heavy atom. The van der Waals surface area contributed by atoms with Crippen molar-refractivity contribution < 1.29 is 18.0 Å². The molecule has 2 N–H and O–H groups in total. The first kappa shape index (κ1) is 13.7. The summed E-state index contributed by atoms with van der Waals surface area (Å²) in [5.41, 5.74) is -0.631. The van der Waals surface area contributed by atoms with Crippen LogP contribution >= 0.6 is 11.6 Å². The maximum Gasteiger partial charge on any atom is 0.266 e. The van der Waals surface area contributed by atoms with Crippen molar-refractivity contribution in [3.05, 3.63) is 27.6 Å². The lowest BCUT2D eigenvalue weighted by Crippen LogP contribution is -2.53. The number of imide groups is 1. The van der Waals surface area contributed by atoms with E-state index in [1.54, 1.807) is 0 Å². The fraction of sp³-hybridized carbons (Fsp3) is 0.222. The highest BCUT2D eigenvalue weighted by molar-refractivity contribution is 7.89. The number of piperazine rings is 1. The number of amides is 2. The third-order valence-electron chi connectivity index (χ3n) is 2.39. The van der Waals surface area contributed by atoms with Gasteiger partial charge in [0, 0.05) is 6.20 Å².